The molecule has 0 radical (unpaired) electrons. The van der Waals surface area contributed by atoms with Crippen molar-refractivity contribution in [2.75, 3.05) is 13.1 Å². The van der Waals surface area contributed by atoms with Crippen molar-refractivity contribution in [1.82, 2.24) is 10.2 Å². The number of hydrogen-bond acceptors (Lipinski definition) is 3. The Morgan fingerprint density at radius 3 is 2.48 bits per heavy atom. The van der Waals surface area contributed by atoms with Crippen LogP contribution in [0.2, 0.25) is 0 Å². The van der Waals surface area contributed by atoms with Gasteiger partial charge in [-0.15, -0.1) is 0 Å². The van der Waals surface area contributed by atoms with E-state index in [0.29, 0.717) is 6.42 Å². The fraction of sp³-hybridized carbons (Fsp3) is 0.667. The van der Waals surface area contributed by atoms with E-state index in [-0.39, 0.29) is 17.5 Å². The number of carbonyl (C=O) groups is 1. The Hall–Kier alpha value is -1.39. The third-order valence-electron chi connectivity index (χ3n) is 6.56. The minimum absolute atomic E-state index is 0.148. The fourth-order valence-electron chi connectivity index (χ4n) is 5.17. The van der Waals surface area contributed by atoms with Gasteiger partial charge in [-0.2, -0.15) is 0 Å². The number of hydrogen-bond donors (Lipinski definition) is 2. The number of nitrogens with one attached hydrogen (secondary N) is 1. The Kier molecular flexibility index (Phi) is 4.83. The highest BCUT2D eigenvalue weighted by Crippen LogP contribution is 2.38. The Bertz CT molecular complexity index is 618. The molecule has 2 fully saturated rings. The van der Waals surface area contributed by atoms with Gasteiger partial charge >= 0.3 is 0 Å². The highest BCUT2D eigenvalue weighted by Gasteiger charge is 2.46. The lowest BCUT2D eigenvalue weighted by Crippen LogP contribution is -2.61. The summed E-state index contributed by atoms with van der Waals surface area (Å²) >= 11 is 0. The van der Waals surface area contributed by atoms with Crippen molar-refractivity contribution >= 4 is 5.91 Å². The van der Waals surface area contributed by atoms with Crippen LogP contribution in [0.4, 0.5) is 0 Å². The molecular formula is C21H30N2O2. The third kappa shape index (κ3) is 3.11. The lowest BCUT2D eigenvalue weighted by atomic mass is 9.78. The zero-order valence-corrected chi connectivity index (χ0v) is 15.0. The number of fused-ring (bicyclic) bond motifs is 1. The topological polar surface area (TPSA) is 52.6 Å². The van der Waals surface area contributed by atoms with Gasteiger partial charge in [-0.25, -0.2) is 0 Å². The molecule has 0 spiro atoms. The van der Waals surface area contributed by atoms with Crippen LogP contribution in [0.1, 0.15) is 68.5 Å². The molecule has 0 unspecified atom stereocenters. The second-order valence-electron chi connectivity index (χ2n) is 8.06. The van der Waals surface area contributed by atoms with Gasteiger partial charge in [0, 0.05) is 6.42 Å². The van der Waals surface area contributed by atoms with Crippen molar-refractivity contribution in [1.29, 1.82) is 0 Å². The van der Waals surface area contributed by atoms with Gasteiger partial charge in [-0.1, -0.05) is 49.9 Å². The second kappa shape index (κ2) is 7.08. The van der Waals surface area contributed by atoms with Crippen molar-refractivity contribution < 1.29 is 9.90 Å². The number of piperidine rings is 1. The molecule has 1 saturated heterocycles. The first-order chi connectivity index (χ1) is 12.2. The zero-order valence-electron chi connectivity index (χ0n) is 15.0. The molecule has 0 aromatic heterocycles. The Morgan fingerprint density at radius 1 is 1.04 bits per heavy atom. The Balaban J connectivity index is 1.57. The molecule has 1 aliphatic heterocycles. The van der Waals surface area contributed by atoms with Gasteiger partial charge in [0.05, 0.1) is 12.1 Å². The van der Waals surface area contributed by atoms with Gasteiger partial charge < -0.3 is 10.4 Å². The minimum Gasteiger partial charge on any atom is -0.390 e. The van der Waals surface area contributed by atoms with E-state index in [4.69, 9.17) is 0 Å². The van der Waals surface area contributed by atoms with Crippen molar-refractivity contribution in [2.24, 2.45) is 0 Å². The number of nitrogens with zero attached hydrogens (tertiary/aromatic N) is 1. The quantitative estimate of drug-likeness (QED) is 0.888. The molecule has 1 heterocycles. The molecule has 4 heteroatoms. The van der Waals surface area contributed by atoms with Crippen LogP contribution >= 0.6 is 0 Å². The first-order valence-corrected chi connectivity index (χ1v) is 10.0. The van der Waals surface area contributed by atoms with Gasteiger partial charge in [0.15, 0.2) is 0 Å². The zero-order chi connectivity index (χ0) is 17.3. The summed E-state index contributed by atoms with van der Waals surface area (Å²) < 4.78 is 0. The van der Waals surface area contributed by atoms with Crippen LogP contribution < -0.4 is 5.32 Å². The van der Waals surface area contributed by atoms with Gasteiger partial charge in [0.2, 0.25) is 5.91 Å². The van der Waals surface area contributed by atoms with Crippen molar-refractivity contribution in [2.45, 2.75) is 75.5 Å². The van der Waals surface area contributed by atoms with Gasteiger partial charge in [0.1, 0.15) is 5.54 Å². The number of benzene rings is 1. The number of carbonyl (C=O) groups excluding carboxylic acids is 1. The van der Waals surface area contributed by atoms with E-state index in [1.807, 2.05) is 18.2 Å². The summed E-state index contributed by atoms with van der Waals surface area (Å²) in [4.78, 5) is 15.9. The maximum Gasteiger partial charge on any atom is 0.241 e. The average Bonchev–Trinajstić information content (AvgIpc) is 2.98. The van der Waals surface area contributed by atoms with Gasteiger partial charge in [-0.3, -0.25) is 9.69 Å². The van der Waals surface area contributed by atoms with Crippen molar-refractivity contribution in [3.8, 4) is 0 Å². The summed E-state index contributed by atoms with van der Waals surface area (Å²) in [6.45, 7) is 2.08. The van der Waals surface area contributed by atoms with E-state index >= 15 is 0 Å². The Morgan fingerprint density at radius 2 is 1.72 bits per heavy atom. The van der Waals surface area contributed by atoms with Crippen LogP contribution in [0.3, 0.4) is 0 Å². The third-order valence-corrected chi connectivity index (χ3v) is 6.56. The summed E-state index contributed by atoms with van der Waals surface area (Å²) in [5.74, 6) is 0.148. The standard InChI is InChI=1S/C21H30N2O2/c24-18-15-16-9-3-4-10-17(16)19(18)22-20(25)21(11-5-1-6-12-21)23-13-7-2-8-14-23/h3-4,9-10,18-19,24H,1-2,5-8,11-15H2,(H,22,25)/t18-,19-/m0/s1. The first kappa shape index (κ1) is 17.0. The molecule has 136 valence electrons. The highest BCUT2D eigenvalue weighted by atomic mass is 16.3. The molecule has 1 aromatic carbocycles. The maximum atomic E-state index is 13.5. The molecular weight excluding hydrogens is 312 g/mol. The molecule has 25 heavy (non-hydrogen) atoms. The summed E-state index contributed by atoms with van der Waals surface area (Å²) in [6.07, 6.45) is 9.23. The van der Waals surface area contributed by atoms with E-state index < -0.39 is 6.10 Å². The van der Waals surface area contributed by atoms with Crippen LogP contribution in [0, 0.1) is 0 Å². The fourth-order valence-corrected chi connectivity index (χ4v) is 5.17. The van der Waals surface area contributed by atoms with Crippen LogP contribution in [-0.4, -0.2) is 40.6 Å². The van der Waals surface area contributed by atoms with Gasteiger partial charge in [0.25, 0.3) is 0 Å². The normalized spacial score (nSPS) is 29.2. The second-order valence-corrected chi connectivity index (χ2v) is 8.06. The van der Waals surface area contributed by atoms with E-state index in [9.17, 15) is 9.90 Å². The van der Waals surface area contributed by atoms with Crippen molar-refractivity contribution in [3.63, 3.8) is 0 Å². The number of likely N-dealkylation sites (tertiary alicyclic amines) is 1. The molecule has 4 rings (SSSR count). The Labute approximate surface area is 150 Å². The van der Waals surface area contributed by atoms with E-state index in [1.165, 1.54) is 25.7 Å². The molecule has 1 saturated carbocycles. The summed E-state index contributed by atoms with van der Waals surface area (Å²) in [6, 6.07) is 7.85. The SMILES string of the molecule is O=C(N[C@H]1c2ccccc2C[C@@H]1O)C1(N2CCCCC2)CCCCC1. The molecule has 1 amide bonds. The van der Waals surface area contributed by atoms with E-state index in [2.05, 4.69) is 16.3 Å². The molecule has 3 aliphatic rings. The highest BCUT2D eigenvalue weighted by molar-refractivity contribution is 5.87. The molecule has 1 aromatic rings. The summed E-state index contributed by atoms with van der Waals surface area (Å²) in [7, 11) is 0. The minimum atomic E-state index is -0.511. The summed E-state index contributed by atoms with van der Waals surface area (Å²) in [5, 5.41) is 13.8. The number of aliphatic hydroxyl groups is 1. The number of rotatable bonds is 3. The smallest absolute Gasteiger partial charge is 0.241 e. The van der Waals surface area contributed by atoms with Crippen LogP contribution in [0.5, 0.6) is 0 Å². The van der Waals surface area contributed by atoms with Crippen LogP contribution in [0.25, 0.3) is 0 Å². The first-order valence-electron chi connectivity index (χ1n) is 10.0. The maximum absolute atomic E-state index is 13.5. The predicted molar refractivity (Wildman–Crippen MR) is 98.3 cm³/mol. The molecule has 0 bridgehead atoms. The lowest BCUT2D eigenvalue weighted by Gasteiger charge is -2.47. The molecule has 4 nitrogen and oxygen atoms in total. The van der Waals surface area contributed by atoms with Crippen LogP contribution in [-0.2, 0) is 11.2 Å². The summed E-state index contributed by atoms with van der Waals surface area (Å²) in [5.41, 5.74) is 1.90. The van der Waals surface area contributed by atoms with Crippen LogP contribution in [0.15, 0.2) is 24.3 Å². The van der Waals surface area contributed by atoms with E-state index in [1.54, 1.807) is 0 Å². The van der Waals surface area contributed by atoms with Gasteiger partial charge in [-0.05, 0) is 49.9 Å². The molecule has 2 N–H and O–H groups in total. The number of amides is 1. The predicted octanol–water partition coefficient (Wildman–Crippen LogP) is 2.95. The molecule has 2 aliphatic carbocycles. The van der Waals surface area contributed by atoms with E-state index in [0.717, 1.165) is 49.9 Å². The van der Waals surface area contributed by atoms with Crippen molar-refractivity contribution in [3.05, 3.63) is 35.4 Å². The number of aliphatic hydroxyl groups excluding tert-OH is 1. The lowest BCUT2D eigenvalue weighted by molar-refractivity contribution is -0.138. The largest absolute Gasteiger partial charge is 0.390 e. The monoisotopic (exact) mass is 342 g/mol. The average molecular weight is 342 g/mol. The molecule has 2 atom stereocenters.